The number of sulfone groups is 1. The molecule has 0 saturated heterocycles. The van der Waals surface area contributed by atoms with Crippen LogP contribution in [0.5, 0.6) is 0 Å². The summed E-state index contributed by atoms with van der Waals surface area (Å²) in [5.74, 6) is -0.196. The van der Waals surface area contributed by atoms with E-state index in [9.17, 15) is 13.2 Å². The number of carbonyl (C=O) groups is 1. The van der Waals surface area contributed by atoms with Crippen LogP contribution >= 0.6 is 11.6 Å². The van der Waals surface area contributed by atoms with Crippen LogP contribution in [-0.2, 0) is 14.6 Å². The Balaban J connectivity index is 2.35. The van der Waals surface area contributed by atoms with Crippen LogP contribution in [0.1, 0.15) is 20.8 Å². The average molecular weight is 352 g/mol. The predicted molar refractivity (Wildman–Crippen MR) is 91.4 cm³/mol. The van der Waals surface area contributed by atoms with E-state index in [1.54, 1.807) is 39.0 Å². The number of benzene rings is 2. The molecular formula is C17H18ClNO3S. The van der Waals surface area contributed by atoms with Gasteiger partial charge in [-0.15, -0.1) is 0 Å². The first kappa shape index (κ1) is 17.5. The van der Waals surface area contributed by atoms with Crippen LogP contribution in [0, 0.1) is 5.41 Å². The number of hydrogen-bond donors (Lipinski definition) is 1. The zero-order chi connectivity index (χ0) is 17.3. The molecule has 1 N–H and O–H groups in total. The highest BCUT2D eigenvalue weighted by Gasteiger charge is 2.23. The fourth-order valence-electron chi connectivity index (χ4n) is 1.81. The van der Waals surface area contributed by atoms with Crippen LogP contribution in [0.3, 0.4) is 0 Å². The summed E-state index contributed by atoms with van der Waals surface area (Å²) in [7, 11) is -3.63. The minimum absolute atomic E-state index is 0.0856. The van der Waals surface area contributed by atoms with Crippen molar-refractivity contribution in [3.8, 4) is 0 Å². The van der Waals surface area contributed by atoms with Gasteiger partial charge in [0.2, 0.25) is 15.7 Å². The second kappa shape index (κ2) is 6.34. The van der Waals surface area contributed by atoms with Crippen LogP contribution in [0.15, 0.2) is 58.3 Å². The van der Waals surface area contributed by atoms with Gasteiger partial charge in [-0.2, -0.15) is 0 Å². The first-order chi connectivity index (χ1) is 10.6. The maximum absolute atomic E-state index is 12.5. The number of rotatable bonds is 3. The van der Waals surface area contributed by atoms with Crippen molar-refractivity contribution >= 4 is 33.0 Å². The monoisotopic (exact) mass is 351 g/mol. The third kappa shape index (κ3) is 3.92. The molecule has 1 amide bonds. The largest absolute Gasteiger partial charge is 0.324 e. The van der Waals surface area contributed by atoms with E-state index in [-0.39, 0.29) is 20.7 Å². The van der Waals surface area contributed by atoms with Crippen LogP contribution in [0.2, 0.25) is 5.02 Å². The smallest absolute Gasteiger partial charge is 0.229 e. The molecule has 0 radical (unpaired) electrons. The van der Waals surface area contributed by atoms with E-state index < -0.39 is 15.3 Å². The summed E-state index contributed by atoms with van der Waals surface area (Å²) in [5.41, 5.74) is -0.184. The quantitative estimate of drug-likeness (QED) is 0.903. The Hall–Kier alpha value is -1.85. The van der Waals surface area contributed by atoms with E-state index in [1.165, 1.54) is 30.3 Å². The van der Waals surface area contributed by atoms with Crippen LogP contribution in [-0.4, -0.2) is 14.3 Å². The van der Waals surface area contributed by atoms with Crippen molar-refractivity contribution in [1.29, 1.82) is 0 Å². The maximum Gasteiger partial charge on any atom is 0.229 e. The zero-order valence-electron chi connectivity index (χ0n) is 13.1. The summed E-state index contributed by atoms with van der Waals surface area (Å²) in [5, 5.41) is 2.88. The van der Waals surface area contributed by atoms with Gasteiger partial charge in [-0.25, -0.2) is 8.42 Å². The second-order valence-corrected chi connectivity index (χ2v) is 8.52. The van der Waals surface area contributed by atoms with Crippen molar-refractivity contribution in [3.05, 3.63) is 53.6 Å². The standard InChI is InChI=1S/C17H18ClNO3S/c1-17(2,3)16(20)19-15-10-9-13(11-14(15)18)23(21,22)12-7-5-4-6-8-12/h4-11H,1-3H3,(H,19,20). The Morgan fingerprint density at radius 1 is 1.00 bits per heavy atom. The van der Waals surface area contributed by atoms with Gasteiger partial charge in [0.25, 0.3) is 0 Å². The SMILES string of the molecule is CC(C)(C)C(=O)Nc1ccc(S(=O)(=O)c2ccccc2)cc1Cl. The molecule has 0 aromatic heterocycles. The lowest BCUT2D eigenvalue weighted by Crippen LogP contribution is -2.27. The Kier molecular flexibility index (Phi) is 4.82. The summed E-state index contributed by atoms with van der Waals surface area (Å²) in [4.78, 5) is 12.3. The lowest BCUT2D eigenvalue weighted by molar-refractivity contribution is -0.123. The molecule has 2 rings (SSSR count). The summed E-state index contributed by atoms with van der Waals surface area (Å²) in [6.45, 7) is 5.35. The molecule has 0 bridgehead atoms. The minimum atomic E-state index is -3.63. The highest BCUT2D eigenvalue weighted by atomic mass is 35.5. The van der Waals surface area contributed by atoms with Crippen LogP contribution in [0.25, 0.3) is 0 Å². The molecule has 122 valence electrons. The highest BCUT2D eigenvalue weighted by molar-refractivity contribution is 7.91. The third-order valence-electron chi connectivity index (χ3n) is 3.23. The second-order valence-electron chi connectivity index (χ2n) is 6.16. The number of anilines is 1. The molecule has 0 spiro atoms. The Bertz CT molecular complexity index is 825. The third-order valence-corrected chi connectivity index (χ3v) is 5.31. The van der Waals surface area contributed by atoms with Gasteiger partial charge in [0.05, 0.1) is 20.5 Å². The first-order valence-corrected chi connectivity index (χ1v) is 8.89. The van der Waals surface area contributed by atoms with Crippen molar-refractivity contribution in [2.75, 3.05) is 5.32 Å². The molecule has 0 aliphatic carbocycles. The number of hydrogen-bond acceptors (Lipinski definition) is 3. The summed E-state index contributed by atoms with van der Waals surface area (Å²) >= 11 is 6.14. The molecule has 6 heteroatoms. The number of carbonyl (C=O) groups excluding carboxylic acids is 1. The van der Waals surface area contributed by atoms with E-state index in [0.717, 1.165) is 0 Å². The Morgan fingerprint density at radius 2 is 1.61 bits per heavy atom. The average Bonchev–Trinajstić information content (AvgIpc) is 2.49. The van der Waals surface area contributed by atoms with E-state index >= 15 is 0 Å². The summed E-state index contributed by atoms with van der Waals surface area (Å²) in [6, 6.07) is 12.4. The summed E-state index contributed by atoms with van der Waals surface area (Å²) in [6.07, 6.45) is 0. The topological polar surface area (TPSA) is 63.2 Å². The van der Waals surface area contributed by atoms with Gasteiger partial charge in [0, 0.05) is 5.41 Å². The normalized spacial score (nSPS) is 12.0. The van der Waals surface area contributed by atoms with E-state index in [2.05, 4.69) is 5.32 Å². The van der Waals surface area contributed by atoms with Crippen molar-refractivity contribution in [2.45, 2.75) is 30.6 Å². The van der Waals surface area contributed by atoms with Gasteiger partial charge in [0.15, 0.2) is 0 Å². The number of halogens is 1. The zero-order valence-corrected chi connectivity index (χ0v) is 14.7. The van der Waals surface area contributed by atoms with Crippen molar-refractivity contribution < 1.29 is 13.2 Å². The number of amides is 1. The molecule has 23 heavy (non-hydrogen) atoms. The first-order valence-electron chi connectivity index (χ1n) is 7.03. The van der Waals surface area contributed by atoms with Crippen molar-refractivity contribution in [3.63, 3.8) is 0 Å². The van der Waals surface area contributed by atoms with Gasteiger partial charge in [-0.3, -0.25) is 4.79 Å². The van der Waals surface area contributed by atoms with Gasteiger partial charge < -0.3 is 5.32 Å². The van der Waals surface area contributed by atoms with Gasteiger partial charge >= 0.3 is 0 Å². The van der Waals surface area contributed by atoms with Gasteiger partial charge in [-0.1, -0.05) is 50.6 Å². The molecule has 2 aromatic rings. The van der Waals surface area contributed by atoms with Crippen LogP contribution in [0.4, 0.5) is 5.69 Å². The fourth-order valence-corrected chi connectivity index (χ4v) is 3.41. The molecule has 0 fully saturated rings. The maximum atomic E-state index is 12.5. The lowest BCUT2D eigenvalue weighted by Gasteiger charge is -2.18. The fraction of sp³-hybridized carbons (Fsp3) is 0.235. The molecule has 2 aromatic carbocycles. The molecule has 0 aliphatic heterocycles. The summed E-state index contributed by atoms with van der Waals surface area (Å²) < 4.78 is 25.1. The molecule has 0 unspecified atom stereocenters. The molecule has 4 nitrogen and oxygen atoms in total. The van der Waals surface area contributed by atoms with E-state index in [1.807, 2.05) is 0 Å². The number of nitrogens with one attached hydrogen (secondary N) is 1. The Morgan fingerprint density at radius 3 is 2.13 bits per heavy atom. The van der Waals surface area contributed by atoms with Gasteiger partial charge in [0.1, 0.15) is 0 Å². The lowest BCUT2D eigenvalue weighted by atomic mass is 9.95. The van der Waals surface area contributed by atoms with E-state index in [4.69, 9.17) is 11.6 Å². The molecule has 0 aliphatic rings. The molecular weight excluding hydrogens is 334 g/mol. The van der Waals surface area contributed by atoms with E-state index in [0.29, 0.717) is 5.69 Å². The molecule has 0 heterocycles. The predicted octanol–water partition coefficient (Wildman–Crippen LogP) is 4.16. The highest BCUT2D eigenvalue weighted by Crippen LogP contribution is 2.29. The van der Waals surface area contributed by atoms with Crippen LogP contribution < -0.4 is 5.32 Å². The molecule has 0 atom stereocenters. The van der Waals surface area contributed by atoms with Crippen molar-refractivity contribution in [1.82, 2.24) is 0 Å². The minimum Gasteiger partial charge on any atom is -0.324 e. The Labute approximate surface area is 141 Å². The van der Waals surface area contributed by atoms with Gasteiger partial charge in [-0.05, 0) is 30.3 Å². The van der Waals surface area contributed by atoms with Crippen molar-refractivity contribution in [2.24, 2.45) is 5.41 Å². The molecule has 0 saturated carbocycles.